The average Bonchev–Trinajstić information content (AvgIpc) is 3.25. The summed E-state index contributed by atoms with van der Waals surface area (Å²) in [7, 11) is 3.37. The highest BCUT2D eigenvalue weighted by atomic mass is 79.9. The molecule has 0 aliphatic heterocycles. The number of nitrogens with zero attached hydrogens (tertiary/aromatic N) is 3. The second-order valence-corrected chi connectivity index (χ2v) is 6.15. The number of rotatable bonds is 6. The molecule has 1 aliphatic carbocycles. The fraction of sp³-hybridized carbons (Fsp3) is 0.615. The molecular formula is C13H20BrN5O2. The van der Waals surface area contributed by atoms with Crippen LogP contribution in [0.15, 0.2) is 15.5 Å². The van der Waals surface area contributed by atoms with Gasteiger partial charge < -0.3 is 15.5 Å². The minimum Gasteiger partial charge on any atom is -0.381 e. The van der Waals surface area contributed by atoms with Crippen molar-refractivity contribution in [2.75, 3.05) is 32.5 Å². The highest BCUT2D eigenvalue weighted by Gasteiger charge is 2.23. The molecule has 1 aromatic heterocycles. The van der Waals surface area contributed by atoms with Crippen LogP contribution in [0.5, 0.6) is 0 Å². The first-order valence-electron chi connectivity index (χ1n) is 6.93. The van der Waals surface area contributed by atoms with Gasteiger partial charge in [-0.25, -0.2) is 9.48 Å². The molecule has 0 atom stereocenters. The van der Waals surface area contributed by atoms with Crippen LogP contribution >= 0.6 is 15.9 Å². The monoisotopic (exact) mass is 357 g/mol. The molecule has 7 nitrogen and oxygen atoms in total. The van der Waals surface area contributed by atoms with Crippen molar-refractivity contribution < 1.29 is 4.79 Å². The van der Waals surface area contributed by atoms with E-state index in [-0.39, 0.29) is 11.6 Å². The zero-order chi connectivity index (χ0) is 15.4. The maximum Gasteiger partial charge on any atom is 0.316 e. The fourth-order valence-corrected chi connectivity index (χ4v) is 2.24. The Kier molecular flexibility index (Phi) is 5.22. The van der Waals surface area contributed by atoms with Gasteiger partial charge in [-0.1, -0.05) is 0 Å². The third-order valence-electron chi connectivity index (χ3n) is 3.24. The van der Waals surface area contributed by atoms with E-state index in [1.807, 2.05) is 0 Å². The van der Waals surface area contributed by atoms with E-state index >= 15 is 0 Å². The molecule has 1 aliphatic rings. The number of hydrogen-bond donors (Lipinski definition) is 2. The second-order valence-electron chi connectivity index (χ2n) is 5.36. The zero-order valence-electron chi connectivity index (χ0n) is 12.2. The van der Waals surface area contributed by atoms with E-state index in [1.165, 1.54) is 22.4 Å². The summed E-state index contributed by atoms with van der Waals surface area (Å²) in [6.45, 7) is 1.68. The predicted molar refractivity (Wildman–Crippen MR) is 84.5 cm³/mol. The first kappa shape index (κ1) is 15.8. The Morgan fingerprint density at radius 1 is 1.48 bits per heavy atom. The minimum atomic E-state index is -0.145. The van der Waals surface area contributed by atoms with Gasteiger partial charge >= 0.3 is 6.03 Å². The summed E-state index contributed by atoms with van der Waals surface area (Å²) in [5.41, 5.74) is 0.523. The molecule has 1 heterocycles. The van der Waals surface area contributed by atoms with Crippen molar-refractivity contribution in [2.45, 2.75) is 19.4 Å². The Morgan fingerprint density at radius 2 is 2.19 bits per heavy atom. The highest BCUT2D eigenvalue weighted by molar-refractivity contribution is 9.10. The number of carbonyl (C=O) groups excluding carboxylic acids is 1. The quantitative estimate of drug-likeness (QED) is 0.747. The molecule has 116 valence electrons. The van der Waals surface area contributed by atoms with Gasteiger partial charge in [0.1, 0.15) is 4.47 Å². The summed E-state index contributed by atoms with van der Waals surface area (Å²) in [6.07, 6.45) is 4.00. The Hall–Kier alpha value is -1.57. The largest absolute Gasteiger partial charge is 0.381 e. The number of carbonyl (C=O) groups is 1. The van der Waals surface area contributed by atoms with Gasteiger partial charge in [-0.3, -0.25) is 4.79 Å². The number of urea groups is 1. The molecular weight excluding hydrogens is 338 g/mol. The topological polar surface area (TPSA) is 79.3 Å². The third-order valence-corrected chi connectivity index (χ3v) is 4.00. The molecule has 2 rings (SSSR count). The summed E-state index contributed by atoms with van der Waals surface area (Å²) in [5.74, 6) is 0.599. The number of halogens is 1. The normalized spacial score (nSPS) is 13.9. The van der Waals surface area contributed by atoms with Gasteiger partial charge in [0.2, 0.25) is 0 Å². The van der Waals surface area contributed by atoms with Crippen LogP contribution in [0.25, 0.3) is 0 Å². The van der Waals surface area contributed by atoms with Crippen LogP contribution in [0.4, 0.5) is 10.5 Å². The summed E-state index contributed by atoms with van der Waals surface area (Å²) in [5, 5.41) is 10.0. The molecule has 0 radical (unpaired) electrons. The third kappa shape index (κ3) is 4.45. The van der Waals surface area contributed by atoms with E-state index in [1.54, 1.807) is 20.3 Å². The molecule has 21 heavy (non-hydrogen) atoms. The van der Waals surface area contributed by atoms with Crippen molar-refractivity contribution >= 4 is 27.6 Å². The maximum atomic E-state index is 12.1. The van der Waals surface area contributed by atoms with Gasteiger partial charge in [0.05, 0.1) is 11.9 Å². The molecule has 0 aromatic carbocycles. The molecule has 0 spiro atoms. The molecule has 0 saturated heterocycles. The van der Waals surface area contributed by atoms with Crippen LogP contribution in [0, 0.1) is 5.92 Å². The lowest BCUT2D eigenvalue weighted by atomic mass is 10.4. The molecule has 0 bridgehead atoms. The SMILES string of the molecule is CN(C)C(=O)NCCNc1cnn(CC2CC2)c(=O)c1Br. The van der Waals surface area contributed by atoms with Crippen molar-refractivity contribution in [1.82, 2.24) is 20.0 Å². The number of nitrogens with one attached hydrogen (secondary N) is 2. The van der Waals surface area contributed by atoms with Crippen molar-refractivity contribution in [2.24, 2.45) is 5.92 Å². The fourth-order valence-electron chi connectivity index (χ4n) is 1.79. The summed E-state index contributed by atoms with van der Waals surface area (Å²) in [4.78, 5) is 24.9. The first-order chi connectivity index (χ1) is 9.99. The van der Waals surface area contributed by atoms with Gasteiger partial charge in [-0.15, -0.1) is 0 Å². The number of hydrogen-bond acceptors (Lipinski definition) is 4. The van der Waals surface area contributed by atoms with E-state index in [9.17, 15) is 9.59 Å². The van der Waals surface area contributed by atoms with Gasteiger partial charge in [-0.05, 0) is 34.7 Å². The van der Waals surface area contributed by atoms with Crippen molar-refractivity contribution in [3.05, 3.63) is 21.0 Å². The Labute approximate surface area is 131 Å². The molecule has 1 fully saturated rings. The molecule has 1 aromatic rings. The van der Waals surface area contributed by atoms with E-state index in [0.717, 1.165) is 0 Å². The van der Waals surface area contributed by atoms with Crippen LogP contribution in [0.1, 0.15) is 12.8 Å². The lowest BCUT2D eigenvalue weighted by Gasteiger charge is -2.13. The Balaban J connectivity index is 1.87. The maximum absolute atomic E-state index is 12.1. The lowest BCUT2D eigenvalue weighted by molar-refractivity contribution is 0.218. The first-order valence-corrected chi connectivity index (χ1v) is 7.73. The minimum absolute atomic E-state index is 0.121. The Bertz CT molecular complexity index is 568. The van der Waals surface area contributed by atoms with Crippen molar-refractivity contribution in [3.8, 4) is 0 Å². The number of amides is 2. The summed E-state index contributed by atoms with van der Waals surface area (Å²) in [6, 6.07) is -0.145. The second kappa shape index (κ2) is 6.93. The molecule has 2 N–H and O–H groups in total. The summed E-state index contributed by atoms with van der Waals surface area (Å²) < 4.78 is 1.98. The van der Waals surface area contributed by atoms with E-state index in [2.05, 4.69) is 31.7 Å². The van der Waals surface area contributed by atoms with Crippen molar-refractivity contribution in [3.63, 3.8) is 0 Å². The lowest BCUT2D eigenvalue weighted by Crippen LogP contribution is -2.37. The molecule has 2 amide bonds. The van der Waals surface area contributed by atoms with Crippen LogP contribution in [0.3, 0.4) is 0 Å². The molecule has 8 heteroatoms. The highest BCUT2D eigenvalue weighted by Crippen LogP contribution is 2.30. The van der Waals surface area contributed by atoms with Gasteiger partial charge in [0.15, 0.2) is 0 Å². The van der Waals surface area contributed by atoms with E-state index in [4.69, 9.17) is 0 Å². The Morgan fingerprint density at radius 3 is 2.81 bits per heavy atom. The number of anilines is 1. The van der Waals surface area contributed by atoms with Crippen LogP contribution < -0.4 is 16.2 Å². The van der Waals surface area contributed by atoms with E-state index in [0.29, 0.717) is 35.7 Å². The molecule has 0 unspecified atom stereocenters. The van der Waals surface area contributed by atoms with Crippen LogP contribution in [-0.2, 0) is 6.54 Å². The van der Waals surface area contributed by atoms with Crippen molar-refractivity contribution in [1.29, 1.82) is 0 Å². The molecule has 1 saturated carbocycles. The van der Waals surface area contributed by atoms with E-state index < -0.39 is 0 Å². The smallest absolute Gasteiger partial charge is 0.316 e. The van der Waals surface area contributed by atoms with Gasteiger partial charge in [0, 0.05) is 33.7 Å². The van der Waals surface area contributed by atoms with Gasteiger partial charge in [0.25, 0.3) is 5.56 Å². The van der Waals surface area contributed by atoms with Gasteiger partial charge in [-0.2, -0.15) is 5.10 Å². The van der Waals surface area contributed by atoms with Crippen LogP contribution in [-0.4, -0.2) is 47.9 Å². The zero-order valence-corrected chi connectivity index (χ0v) is 13.8. The average molecular weight is 358 g/mol. The number of aromatic nitrogens is 2. The van der Waals surface area contributed by atoms with Crippen LogP contribution in [0.2, 0.25) is 0 Å². The standard InChI is InChI=1S/C13H20BrN5O2/c1-18(2)13(21)16-6-5-15-10-7-17-19(8-9-3-4-9)12(20)11(10)14/h7,9,15H,3-6,8H2,1-2H3,(H,16,21). The summed E-state index contributed by atoms with van der Waals surface area (Å²) >= 11 is 3.31. The predicted octanol–water partition coefficient (Wildman–Crippen LogP) is 1.10.